The Morgan fingerprint density at radius 3 is 2.60 bits per heavy atom. The van der Waals surface area contributed by atoms with Gasteiger partial charge in [-0.1, -0.05) is 11.6 Å². The van der Waals surface area contributed by atoms with Crippen LogP contribution < -0.4 is 0 Å². The zero-order chi connectivity index (χ0) is 18.0. The van der Waals surface area contributed by atoms with Crippen molar-refractivity contribution in [2.24, 2.45) is 5.92 Å². The summed E-state index contributed by atoms with van der Waals surface area (Å²) >= 11 is 5.84. The Kier molecular flexibility index (Phi) is 5.68. The molecule has 2 aliphatic heterocycles. The molecule has 2 unspecified atom stereocenters. The van der Waals surface area contributed by atoms with Crippen molar-refractivity contribution >= 4 is 27.5 Å². The molecule has 0 aliphatic carbocycles. The van der Waals surface area contributed by atoms with Crippen molar-refractivity contribution in [1.29, 1.82) is 0 Å². The van der Waals surface area contributed by atoms with Gasteiger partial charge in [0.25, 0.3) is 0 Å². The molecule has 2 heterocycles. The van der Waals surface area contributed by atoms with Crippen molar-refractivity contribution in [2.75, 3.05) is 32.8 Å². The van der Waals surface area contributed by atoms with Crippen molar-refractivity contribution < 1.29 is 17.9 Å². The first-order valence-corrected chi connectivity index (χ1v) is 10.4. The van der Waals surface area contributed by atoms with Crippen molar-refractivity contribution in [3.05, 3.63) is 29.3 Å². The van der Waals surface area contributed by atoms with Gasteiger partial charge in [-0.05, 0) is 44.0 Å². The van der Waals surface area contributed by atoms with E-state index in [0.29, 0.717) is 37.7 Å². The number of hydrogen-bond acceptors (Lipinski definition) is 4. The zero-order valence-corrected chi connectivity index (χ0v) is 15.8. The summed E-state index contributed by atoms with van der Waals surface area (Å²) < 4.78 is 32.6. The predicted octanol–water partition coefficient (Wildman–Crippen LogP) is 1.99. The first-order valence-electron chi connectivity index (χ1n) is 8.54. The largest absolute Gasteiger partial charge is 0.375 e. The van der Waals surface area contributed by atoms with E-state index < -0.39 is 10.0 Å². The van der Waals surface area contributed by atoms with Gasteiger partial charge in [-0.25, -0.2) is 8.42 Å². The normalized spacial score (nSPS) is 25.8. The van der Waals surface area contributed by atoms with Gasteiger partial charge in [0, 0.05) is 31.2 Å². The fourth-order valence-electron chi connectivity index (χ4n) is 3.39. The highest BCUT2D eigenvalue weighted by Crippen LogP contribution is 2.26. The van der Waals surface area contributed by atoms with Gasteiger partial charge in [-0.15, -0.1) is 0 Å². The molecule has 1 aromatic rings. The van der Waals surface area contributed by atoms with Crippen LogP contribution in [-0.2, 0) is 19.6 Å². The maximum atomic E-state index is 12.8. The molecule has 0 N–H and O–H groups in total. The van der Waals surface area contributed by atoms with Crippen molar-refractivity contribution in [2.45, 2.75) is 30.8 Å². The highest BCUT2D eigenvalue weighted by molar-refractivity contribution is 7.89. The number of ether oxygens (including phenoxy) is 1. The Labute approximate surface area is 153 Å². The quantitative estimate of drug-likeness (QED) is 0.796. The van der Waals surface area contributed by atoms with Crippen molar-refractivity contribution in [1.82, 2.24) is 9.21 Å². The van der Waals surface area contributed by atoms with Crippen LogP contribution in [-0.4, -0.2) is 62.4 Å². The third-order valence-electron chi connectivity index (χ3n) is 4.74. The monoisotopic (exact) mass is 386 g/mol. The molecule has 25 heavy (non-hydrogen) atoms. The fraction of sp³-hybridized carbons (Fsp3) is 0.588. The number of morpholine rings is 1. The molecule has 0 radical (unpaired) electrons. The minimum atomic E-state index is -3.61. The van der Waals surface area contributed by atoms with Gasteiger partial charge in [-0.3, -0.25) is 4.79 Å². The molecule has 1 aromatic carbocycles. The van der Waals surface area contributed by atoms with Gasteiger partial charge in [0.05, 0.1) is 23.5 Å². The van der Waals surface area contributed by atoms with Gasteiger partial charge in [-0.2, -0.15) is 4.31 Å². The molecule has 138 valence electrons. The molecule has 6 nitrogen and oxygen atoms in total. The molecule has 8 heteroatoms. The molecule has 2 saturated heterocycles. The molecule has 0 bridgehead atoms. The summed E-state index contributed by atoms with van der Waals surface area (Å²) in [7, 11) is -3.61. The zero-order valence-electron chi connectivity index (χ0n) is 14.2. The van der Waals surface area contributed by atoms with Gasteiger partial charge < -0.3 is 9.64 Å². The van der Waals surface area contributed by atoms with E-state index in [0.717, 1.165) is 6.42 Å². The first-order chi connectivity index (χ1) is 11.9. The Hall–Kier alpha value is -1.15. The van der Waals surface area contributed by atoms with E-state index in [1.807, 2.05) is 6.92 Å². The first kappa shape index (κ1) is 18.6. The van der Waals surface area contributed by atoms with E-state index in [-0.39, 0.29) is 29.4 Å². The molecule has 2 fully saturated rings. The Bertz CT molecular complexity index is 723. The lowest BCUT2D eigenvalue weighted by atomic mass is 9.97. The average Bonchev–Trinajstić information content (AvgIpc) is 2.61. The van der Waals surface area contributed by atoms with E-state index in [2.05, 4.69) is 0 Å². The fourth-order valence-corrected chi connectivity index (χ4v) is 5.04. The second-order valence-electron chi connectivity index (χ2n) is 6.62. The maximum absolute atomic E-state index is 12.8. The summed E-state index contributed by atoms with van der Waals surface area (Å²) in [5, 5.41) is 0.493. The molecule has 0 aromatic heterocycles. The standard InChI is InChI=1S/C17H23ClN2O4S/c1-13-11-19(9-10-24-13)17(21)14-3-2-8-20(12-14)25(22,23)16-6-4-15(18)5-7-16/h4-7,13-14H,2-3,8-12H2,1H3. The molecule has 2 atom stereocenters. The Balaban J connectivity index is 1.72. The SMILES string of the molecule is CC1CN(C(=O)C2CCCN(S(=O)(=O)c3ccc(Cl)cc3)C2)CCO1. The number of benzene rings is 1. The molecule has 2 aliphatic rings. The van der Waals surface area contributed by atoms with E-state index in [1.54, 1.807) is 17.0 Å². The van der Waals surface area contributed by atoms with Crippen LogP contribution in [0.25, 0.3) is 0 Å². The van der Waals surface area contributed by atoms with Crippen LogP contribution in [0.15, 0.2) is 29.2 Å². The van der Waals surface area contributed by atoms with Crippen LogP contribution in [0.1, 0.15) is 19.8 Å². The van der Waals surface area contributed by atoms with Crippen LogP contribution >= 0.6 is 11.6 Å². The highest BCUT2D eigenvalue weighted by Gasteiger charge is 2.36. The number of halogens is 1. The van der Waals surface area contributed by atoms with Crippen LogP contribution in [0, 0.1) is 5.92 Å². The maximum Gasteiger partial charge on any atom is 0.243 e. The number of hydrogen-bond donors (Lipinski definition) is 0. The summed E-state index contributed by atoms with van der Waals surface area (Å²) in [5.41, 5.74) is 0. The van der Waals surface area contributed by atoms with Crippen molar-refractivity contribution in [3.8, 4) is 0 Å². The number of carbonyl (C=O) groups is 1. The molecule has 0 spiro atoms. The minimum Gasteiger partial charge on any atom is -0.375 e. The summed E-state index contributed by atoms with van der Waals surface area (Å²) in [6, 6.07) is 6.14. The number of nitrogens with zero attached hydrogens (tertiary/aromatic N) is 2. The average molecular weight is 387 g/mol. The van der Waals surface area contributed by atoms with E-state index in [9.17, 15) is 13.2 Å². The highest BCUT2D eigenvalue weighted by atomic mass is 35.5. The smallest absolute Gasteiger partial charge is 0.243 e. The van der Waals surface area contributed by atoms with E-state index >= 15 is 0 Å². The van der Waals surface area contributed by atoms with Crippen LogP contribution in [0.2, 0.25) is 5.02 Å². The third-order valence-corrected chi connectivity index (χ3v) is 6.87. The van der Waals surface area contributed by atoms with Gasteiger partial charge in [0.1, 0.15) is 0 Å². The molecular formula is C17H23ClN2O4S. The third kappa shape index (κ3) is 4.16. The van der Waals surface area contributed by atoms with Crippen LogP contribution in [0.3, 0.4) is 0 Å². The van der Waals surface area contributed by atoms with E-state index in [1.165, 1.54) is 16.4 Å². The van der Waals surface area contributed by atoms with Crippen LogP contribution in [0.5, 0.6) is 0 Å². The van der Waals surface area contributed by atoms with Crippen molar-refractivity contribution in [3.63, 3.8) is 0 Å². The Morgan fingerprint density at radius 2 is 1.92 bits per heavy atom. The molecular weight excluding hydrogens is 364 g/mol. The Morgan fingerprint density at radius 1 is 1.20 bits per heavy atom. The second-order valence-corrected chi connectivity index (χ2v) is 9.00. The summed E-state index contributed by atoms with van der Waals surface area (Å²) in [6.07, 6.45) is 1.43. The number of carbonyl (C=O) groups excluding carboxylic acids is 1. The number of piperidine rings is 1. The molecule has 1 amide bonds. The number of amides is 1. The topological polar surface area (TPSA) is 66.9 Å². The number of rotatable bonds is 3. The lowest BCUT2D eigenvalue weighted by Gasteiger charge is -2.37. The number of sulfonamides is 1. The minimum absolute atomic E-state index is 0.0233. The predicted molar refractivity (Wildman–Crippen MR) is 94.9 cm³/mol. The summed E-state index contributed by atoms with van der Waals surface area (Å²) in [5.74, 6) is -0.257. The lowest BCUT2D eigenvalue weighted by Crippen LogP contribution is -2.51. The van der Waals surface area contributed by atoms with E-state index in [4.69, 9.17) is 16.3 Å². The van der Waals surface area contributed by atoms with Gasteiger partial charge >= 0.3 is 0 Å². The van der Waals surface area contributed by atoms with Gasteiger partial charge in [0.2, 0.25) is 15.9 Å². The summed E-state index contributed by atoms with van der Waals surface area (Å²) in [6.45, 7) is 4.29. The van der Waals surface area contributed by atoms with Crippen LogP contribution in [0.4, 0.5) is 0 Å². The molecule has 3 rings (SSSR count). The second kappa shape index (κ2) is 7.61. The lowest BCUT2D eigenvalue weighted by molar-refractivity contribution is -0.143. The molecule has 0 saturated carbocycles. The summed E-state index contributed by atoms with van der Waals surface area (Å²) in [4.78, 5) is 14.8. The van der Waals surface area contributed by atoms with Gasteiger partial charge in [0.15, 0.2) is 0 Å².